The van der Waals surface area contributed by atoms with Crippen LogP contribution in [0.15, 0.2) is 29.4 Å². The third-order valence-corrected chi connectivity index (χ3v) is 5.12. The smallest absolute Gasteiger partial charge is 0.335 e. The van der Waals surface area contributed by atoms with Gasteiger partial charge in [0, 0.05) is 13.2 Å². The SMILES string of the molecule is Cn1cc(NS(=O)(=O)c2cc(C(=O)O)cc3c2CCC3)cn1. The fraction of sp³-hybridized carbons (Fsp3) is 0.286. The van der Waals surface area contributed by atoms with Gasteiger partial charge in [0.15, 0.2) is 0 Å². The van der Waals surface area contributed by atoms with Crippen LogP contribution < -0.4 is 4.72 Å². The van der Waals surface area contributed by atoms with Crippen LogP contribution in [0.3, 0.4) is 0 Å². The second kappa shape index (κ2) is 5.13. The lowest BCUT2D eigenvalue weighted by atomic mass is 10.1. The zero-order chi connectivity index (χ0) is 15.9. The summed E-state index contributed by atoms with van der Waals surface area (Å²) in [5.74, 6) is -1.13. The van der Waals surface area contributed by atoms with Crippen LogP contribution in [0.25, 0.3) is 0 Å². The van der Waals surface area contributed by atoms with Gasteiger partial charge in [0.25, 0.3) is 10.0 Å². The molecule has 0 radical (unpaired) electrons. The molecule has 0 aliphatic heterocycles. The highest BCUT2D eigenvalue weighted by Gasteiger charge is 2.26. The zero-order valence-corrected chi connectivity index (χ0v) is 12.7. The lowest BCUT2D eigenvalue weighted by Gasteiger charge is -2.12. The molecule has 7 nitrogen and oxygen atoms in total. The molecule has 2 aromatic rings. The maximum atomic E-state index is 12.6. The summed E-state index contributed by atoms with van der Waals surface area (Å²) in [6.45, 7) is 0. The Morgan fingerprint density at radius 3 is 2.77 bits per heavy atom. The van der Waals surface area contributed by atoms with Gasteiger partial charge in [0.1, 0.15) is 0 Å². The molecule has 0 saturated carbocycles. The van der Waals surface area contributed by atoms with Gasteiger partial charge in [-0.15, -0.1) is 0 Å². The number of anilines is 1. The van der Waals surface area contributed by atoms with Gasteiger partial charge in [0.2, 0.25) is 0 Å². The van der Waals surface area contributed by atoms with E-state index in [1.807, 2.05) is 0 Å². The number of sulfonamides is 1. The van der Waals surface area contributed by atoms with Crippen LogP contribution in [-0.4, -0.2) is 29.3 Å². The van der Waals surface area contributed by atoms with Crippen molar-refractivity contribution in [3.05, 3.63) is 41.2 Å². The molecule has 2 N–H and O–H groups in total. The van der Waals surface area contributed by atoms with E-state index in [2.05, 4.69) is 9.82 Å². The summed E-state index contributed by atoms with van der Waals surface area (Å²) >= 11 is 0. The van der Waals surface area contributed by atoms with Crippen molar-refractivity contribution >= 4 is 21.7 Å². The molecule has 1 aliphatic carbocycles. The van der Waals surface area contributed by atoms with Crippen LogP contribution in [0.1, 0.15) is 27.9 Å². The fourth-order valence-electron chi connectivity index (χ4n) is 2.71. The first-order valence-corrected chi connectivity index (χ1v) is 8.26. The van der Waals surface area contributed by atoms with E-state index in [-0.39, 0.29) is 10.5 Å². The lowest BCUT2D eigenvalue weighted by molar-refractivity contribution is 0.0696. The Bertz CT molecular complexity index is 855. The van der Waals surface area contributed by atoms with Gasteiger partial charge < -0.3 is 5.11 Å². The minimum absolute atomic E-state index is 0.00721. The summed E-state index contributed by atoms with van der Waals surface area (Å²) in [5.41, 5.74) is 1.84. The zero-order valence-electron chi connectivity index (χ0n) is 11.9. The topological polar surface area (TPSA) is 101 Å². The summed E-state index contributed by atoms with van der Waals surface area (Å²) in [6.07, 6.45) is 5.11. The molecule has 3 rings (SSSR count). The number of fused-ring (bicyclic) bond motifs is 1. The van der Waals surface area contributed by atoms with Crippen molar-refractivity contribution < 1.29 is 18.3 Å². The van der Waals surface area contributed by atoms with Crippen molar-refractivity contribution in [3.8, 4) is 0 Å². The Kier molecular flexibility index (Phi) is 3.40. The first-order valence-electron chi connectivity index (χ1n) is 6.77. The quantitative estimate of drug-likeness (QED) is 0.886. The second-order valence-corrected chi connectivity index (χ2v) is 6.93. The Labute approximate surface area is 127 Å². The summed E-state index contributed by atoms with van der Waals surface area (Å²) < 4.78 is 29.1. The van der Waals surface area contributed by atoms with Crippen molar-refractivity contribution in [3.63, 3.8) is 0 Å². The molecular formula is C14H15N3O4S. The molecule has 8 heteroatoms. The van der Waals surface area contributed by atoms with Crippen molar-refractivity contribution in [2.45, 2.75) is 24.2 Å². The number of aromatic nitrogens is 2. The number of hydrogen-bond donors (Lipinski definition) is 2. The highest BCUT2D eigenvalue weighted by molar-refractivity contribution is 7.92. The van der Waals surface area contributed by atoms with Crippen LogP contribution >= 0.6 is 0 Å². The van der Waals surface area contributed by atoms with Gasteiger partial charge >= 0.3 is 5.97 Å². The van der Waals surface area contributed by atoms with E-state index in [0.717, 1.165) is 12.0 Å². The van der Waals surface area contributed by atoms with Crippen molar-refractivity contribution in [1.82, 2.24) is 9.78 Å². The number of aryl methyl sites for hydroxylation is 2. The van der Waals surface area contributed by atoms with Gasteiger partial charge in [0.05, 0.1) is 22.3 Å². The van der Waals surface area contributed by atoms with Gasteiger partial charge in [-0.1, -0.05) is 0 Å². The van der Waals surface area contributed by atoms with Crippen LogP contribution in [0.2, 0.25) is 0 Å². The minimum Gasteiger partial charge on any atom is -0.478 e. The molecule has 116 valence electrons. The number of carbonyl (C=O) groups is 1. The standard InChI is InChI=1S/C14H15N3O4S/c1-17-8-11(7-15-17)16-22(20,21)13-6-10(14(18)19)5-9-3-2-4-12(9)13/h5-8,16H,2-4H2,1H3,(H,18,19). The number of aromatic carboxylic acids is 1. The fourth-order valence-corrected chi connectivity index (χ4v) is 4.08. The summed E-state index contributed by atoms with van der Waals surface area (Å²) in [7, 11) is -2.17. The summed E-state index contributed by atoms with van der Waals surface area (Å²) in [4.78, 5) is 11.3. The Balaban J connectivity index is 2.08. The summed E-state index contributed by atoms with van der Waals surface area (Å²) in [6, 6.07) is 2.79. The molecule has 1 aromatic heterocycles. The number of benzene rings is 1. The molecule has 0 unspecified atom stereocenters. The van der Waals surface area contributed by atoms with E-state index in [0.29, 0.717) is 24.1 Å². The maximum absolute atomic E-state index is 12.6. The van der Waals surface area contributed by atoms with Crippen molar-refractivity contribution in [2.24, 2.45) is 7.05 Å². The molecule has 1 aromatic carbocycles. The van der Waals surface area contributed by atoms with E-state index in [4.69, 9.17) is 0 Å². The molecule has 0 atom stereocenters. The van der Waals surface area contributed by atoms with E-state index in [9.17, 15) is 18.3 Å². The lowest BCUT2D eigenvalue weighted by Crippen LogP contribution is -2.16. The first-order chi connectivity index (χ1) is 10.4. The molecule has 0 fully saturated rings. The van der Waals surface area contributed by atoms with Crippen molar-refractivity contribution in [2.75, 3.05) is 4.72 Å². The van der Waals surface area contributed by atoms with Crippen LogP contribution in [-0.2, 0) is 29.9 Å². The number of rotatable bonds is 4. The summed E-state index contributed by atoms with van der Waals surface area (Å²) in [5, 5.41) is 13.1. The average Bonchev–Trinajstić information content (AvgIpc) is 3.05. The maximum Gasteiger partial charge on any atom is 0.335 e. The molecular weight excluding hydrogens is 306 g/mol. The monoisotopic (exact) mass is 321 g/mol. The predicted molar refractivity (Wildman–Crippen MR) is 79.4 cm³/mol. The molecule has 0 bridgehead atoms. The number of carboxylic acid groups (broad SMARTS) is 1. The van der Waals surface area contributed by atoms with E-state index < -0.39 is 16.0 Å². The van der Waals surface area contributed by atoms with Gasteiger partial charge in [-0.25, -0.2) is 13.2 Å². The third-order valence-electron chi connectivity index (χ3n) is 3.67. The van der Waals surface area contributed by atoms with Crippen LogP contribution in [0.5, 0.6) is 0 Å². The number of nitrogens with zero attached hydrogens (tertiary/aromatic N) is 2. The van der Waals surface area contributed by atoms with Crippen LogP contribution in [0.4, 0.5) is 5.69 Å². The Hall–Kier alpha value is -2.35. The second-order valence-electron chi connectivity index (χ2n) is 5.28. The normalized spacial score (nSPS) is 13.9. The molecule has 0 saturated heterocycles. The molecule has 22 heavy (non-hydrogen) atoms. The van der Waals surface area contributed by atoms with Gasteiger partial charge in [-0.2, -0.15) is 5.10 Å². The molecule has 1 heterocycles. The molecule has 1 aliphatic rings. The van der Waals surface area contributed by atoms with Gasteiger partial charge in [-0.05, 0) is 42.5 Å². The van der Waals surface area contributed by atoms with E-state index >= 15 is 0 Å². The number of nitrogens with one attached hydrogen (secondary N) is 1. The minimum atomic E-state index is -3.85. The molecule has 0 spiro atoms. The first kappa shape index (κ1) is 14.6. The highest BCUT2D eigenvalue weighted by Crippen LogP contribution is 2.31. The number of hydrogen-bond acceptors (Lipinski definition) is 4. The predicted octanol–water partition coefficient (Wildman–Crippen LogP) is 1.41. The van der Waals surface area contributed by atoms with Crippen LogP contribution in [0, 0.1) is 0 Å². The van der Waals surface area contributed by atoms with Crippen molar-refractivity contribution in [1.29, 1.82) is 0 Å². The Morgan fingerprint density at radius 1 is 1.36 bits per heavy atom. The van der Waals surface area contributed by atoms with E-state index in [1.54, 1.807) is 19.3 Å². The highest BCUT2D eigenvalue weighted by atomic mass is 32.2. The van der Waals surface area contributed by atoms with Gasteiger partial charge in [-0.3, -0.25) is 9.40 Å². The third kappa shape index (κ3) is 2.57. The largest absolute Gasteiger partial charge is 0.478 e. The molecule has 0 amide bonds. The average molecular weight is 321 g/mol. The van der Waals surface area contributed by atoms with E-state index in [1.165, 1.54) is 16.9 Å². The Morgan fingerprint density at radius 2 is 2.14 bits per heavy atom. The number of carboxylic acids is 1.